The molecular formula is C11H12ClN3O2S. The molecule has 1 N–H and O–H groups in total. The van der Waals surface area contributed by atoms with Gasteiger partial charge in [0.15, 0.2) is 0 Å². The zero-order chi connectivity index (χ0) is 13.3. The Labute approximate surface area is 110 Å². The number of halogens is 1. The molecule has 0 atom stereocenters. The van der Waals surface area contributed by atoms with Gasteiger partial charge in [-0.25, -0.2) is 8.42 Å². The fraction of sp³-hybridized carbons (Fsp3) is 0.182. The monoisotopic (exact) mass is 285 g/mol. The van der Waals surface area contributed by atoms with E-state index >= 15 is 0 Å². The van der Waals surface area contributed by atoms with Crippen molar-refractivity contribution in [1.82, 2.24) is 9.78 Å². The number of aryl methyl sites for hydroxylation is 1. The molecule has 0 aliphatic heterocycles. The minimum absolute atomic E-state index is 0.167. The van der Waals surface area contributed by atoms with Crippen LogP contribution in [0.5, 0.6) is 0 Å². The lowest BCUT2D eigenvalue weighted by atomic mass is 10.3. The van der Waals surface area contributed by atoms with E-state index in [1.807, 2.05) is 0 Å². The van der Waals surface area contributed by atoms with Crippen LogP contribution in [0.3, 0.4) is 0 Å². The number of benzene rings is 1. The average Bonchev–Trinajstić information content (AvgIpc) is 2.63. The summed E-state index contributed by atoms with van der Waals surface area (Å²) in [5.41, 5.74) is 1.04. The van der Waals surface area contributed by atoms with Crippen LogP contribution in [0.25, 0.3) is 0 Å². The smallest absolute Gasteiger partial charge is 0.265 e. The third kappa shape index (κ3) is 2.49. The number of anilines is 1. The lowest BCUT2D eigenvalue weighted by molar-refractivity contribution is 0.600. The van der Waals surface area contributed by atoms with Crippen LogP contribution >= 0.6 is 11.6 Å². The van der Waals surface area contributed by atoms with Crippen LogP contribution in [0.15, 0.2) is 35.4 Å². The van der Waals surface area contributed by atoms with Crippen LogP contribution in [0.1, 0.15) is 5.69 Å². The summed E-state index contributed by atoms with van der Waals surface area (Å²) in [5, 5.41) is 4.47. The highest BCUT2D eigenvalue weighted by molar-refractivity contribution is 7.92. The van der Waals surface area contributed by atoms with Gasteiger partial charge in [0.1, 0.15) is 4.90 Å². The van der Waals surface area contributed by atoms with E-state index in [4.69, 9.17) is 11.6 Å². The first-order chi connectivity index (χ1) is 8.40. The number of sulfonamides is 1. The number of hydrogen-bond donors (Lipinski definition) is 1. The van der Waals surface area contributed by atoms with E-state index in [1.165, 1.54) is 10.9 Å². The second-order valence-electron chi connectivity index (χ2n) is 3.83. The van der Waals surface area contributed by atoms with Gasteiger partial charge in [0.2, 0.25) is 0 Å². The highest BCUT2D eigenvalue weighted by atomic mass is 35.5. The molecule has 7 heteroatoms. The molecule has 0 radical (unpaired) electrons. The van der Waals surface area contributed by atoms with Crippen molar-refractivity contribution in [2.24, 2.45) is 7.05 Å². The molecule has 96 valence electrons. The van der Waals surface area contributed by atoms with Gasteiger partial charge in [-0.1, -0.05) is 11.6 Å². The SMILES string of the molecule is Cc1c(S(=O)(=O)Nc2ccc(Cl)cc2)cnn1C. The first-order valence-electron chi connectivity index (χ1n) is 5.17. The number of nitrogens with one attached hydrogen (secondary N) is 1. The normalized spacial score (nSPS) is 11.5. The zero-order valence-electron chi connectivity index (χ0n) is 9.88. The molecule has 0 spiro atoms. The summed E-state index contributed by atoms with van der Waals surface area (Å²) in [6, 6.07) is 6.45. The lowest BCUT2D eigenvalue weighted by Crippen LogP contribution is -2.13. The van der Waals surface area contributed by atoms with Crippen molar-refractivity contribution in [3.05, 3.63) is 41.2 Å². The molecule has 5 nitrogen and oxygen atoms in total. The summed E-state index contributed by atoms with van der Waals surface area (Å²) < 4.78 is 28.2. The highest BCUT2D eigenvalue weighted by Gasteiger charge is 2.19. The molecule has 2 rings (SSSR count). The van der Waals surface area contributed by atoms with E-state index in [-0.39, 0.29) is 4.90 Å². The molecule has 0 unspecified atom stereocenters. The molecule has 2 aromatic rings. The van der Waals surface area contributed by atoms with Crippen molar-refractivity contribution < 1.29 is 8.42 Å². The summed E-state index contributed by atoms with van der Waals surface area (Å²) in [6.07, 6.45) is 1.33. The van der Waals surface area contributed by atoms with Gasteiger partial charge < -0.3 is 0 Å². The average molecular weight is 286 g/mol. The summed E-state index contributed by atoms with van der Waals surface area (Å²) in [6.45, 7) is 1.70. The molecule has 0 aliphatic rings. The summed E-state index contributed by atoms with van der Waals surface area (Å²) >= 11 is 5.74. The largest absolute Gasteiger partial charge is 0.280 e. The van der Waals surface area contributed by atoms with Crippen LogP contribution in [-0.2, 0) is 17.1 Å². The van der Waals surface area contributed by atoms with E-state index in [2.05, 4.69) is 9.82 Å². The molecule has 0 saturated carbocycles. The molecule has 1 aromatic heterocycles. The second-order valence-corrected chi connectivity index (χ2v) is 5.92. The van der Waals surface area contributed by atoms with Gasteiger partial charge in [0.25, 0.3) is 10.0 Å². The molecule has 0 saturated heterocycles. The van der Waals surface area contributed by atoms with Crippen LogP contribution in [-0.4, -0.2) is 18.2 Å². The molecule has 0 bridgehead atoms. The fourth-order valence-electron chi connectivity index (χ4n) is 1.47. The van der Waals surface area contributed by atoms with Gasteiger partial charge in [0, 0.05) is 17.8 Å². The number of hydrogen-bond acceptors (Lipinski definition) is 3. The fourth-order valence-corrected chi connectivity index (χ4v) is 2.86. The first-order valence-corrected chi connectivity index (χ1v) is 7.03. The van der Waals surface area contributed by atoms with E-state index in [1.54, 1.807) is 38.2 Å². The minimum atomic E-state index is -3.61. The van der Waals surface area contributed by atoms with E-state index in [9.17, 15) is 8.42 Å². The van der Waals surface area contributed by atoms with Crippen LogP contribution in [0.2, 0.25) is 5.02 Å². The maximum atomic E-state index is 12.1. The molecule has 1 aromatic carbocycles. The van der Waals surface area contributed by atoms with Crippen molar-refractivity contribution in [2.45, 2.75) is 11.8 Å². The Morgan fingerprint density at radius 1 is 1.28 bits per heavy atom. The molecule has 0 fully saturated rings. The Kier molecular flexibility index (Phi) is 3.32. The van der Waals surface area contributed by atoms with Crippen LogP contribution < -0.4 is 4.72 Å². The summed E-state index contributed by atoms with van der Waals surface area (Å²) in [4.78, 5) is 0.167. The number of nitrogens with zero attached hydrogens (tertiary/aromatic N) is 2. The Morgan fingerprint density at radius 3 is 2.39 bits per heavy atom. The Hall–Kier alpha value is -1.53. The van der Waals surface area contributed by atoms with Crippen molar-refractivity contribution in [3.63, 3.8) is 0 Å². The Bertz CT molecular complexity index is 662. The van der Waals surface area contributed by atoms with Crippen molar-refractivity contribution in [3.8, 4) is 0 Å². The maximum absolute atomic E-state index is 12.1. The van der Waals surface area contributed by atoms with E-state index in [0.29, 0.717) is 16.4 Å². The summed E-state index contributed by atoms with van der Waals surface area (Å²) in [5.74, 6) is 0. The number of aromatic nitrogens is 2. The van der Waals surface area contributed by atoms with Gasteiger partial charge in [-0.15, -0.1) is 0 Å². The minimum Gasteiger partial charge on any atom is -0.280 e. The predicted molar refractivity (Wildman–Crippen MR) is 70.2 cm³/mol. The molecule has 0 amide bonds. The third-order valence-electron chi connectivity index (χ3n) is 2.58. The zero-order valence-corrected chi connectivity index (χ0v) is 11.5. The highest BCUT2D eigenvalue weighted by Crippen LogP contribution is 2.19. The molecule has 1 heterocycles. The quantitative estimate of drug-likeness (QED) is 0.940. The maximum Gasteiger partial charge on any atom is 0.265 e. The Morgan fingerprint density at radius 2 is 1.89 bits per heavy atom. The van der Waals surface area contributed by atoms with E-state index < -0.39 is 10.0 Å². The van der Waals surface area contributed by atoms with Crippen LogP contribution in [0, 0.1) is 6.92 Å². The predicted octanol–water partition coefficient (Wildman–Crippen LogP) is 2.18. The Balaban J connectivity index is 2.33. The summed E-state index contributed by atoms with van der Waals surface area (Å²) in [7, 11) is -1.92. The van der Waals surface area contributed by atoms with E-state index in [0.717, 1.165) is 0 Å². The van der Waals surface area contributed by atoms with Gasteiger partial charge in [-0.3, -0.25) is 9.40 Å². The van der Waals surface area contributed by atoms with Gasteiger partial charge >= 0.3 is 0 Å². The molecular weight excluding hydrogens is 274 g/mol. The standard InChI is InChI=1S/C11H12ClN3O2S/c1-8-11(7-13-15(8)2)18(16,17)14-10-5-3-9(12)4-6-10/h3-7,14H,1-2H3. The van der Waals surface area contributed by atoms with Crippen LogP contribution in [0.4, 0.5) is 5.69 Å². The van der Waals surface area contributed by atoms with Gasteiger partial charge in [-0.05, 0) is 31.2 Å². The van der Waals surface area contributed by atoms with Crippen molar-refractivity contribution in [1.29, 1.82) is 0 Å². The number of rotatable bonds is 3. The topological polar surface area (TPSA) is 64.0 Å². The van der Waals surface area contributed by atoms with Gasteiger partial charge in [0.05, 0.1) is 11.9 Å². The van der Waals surface area contributed by atoms with Gasteiger partial charge in [-0.2, -0.15) is 5.10 Å². The molecule has 0 aliphatic carbocycles. The third-order valence-corrected chi connectivity index (χ3v) is 4.31. The first kappa shape index (κ1) is 12.9. The van der Waals surface area contributed by atoms with Crippen molar-refractivity contribution >= 4 is 27.3 Å². The second kappa shape index (κ2) is 4.62. The van der Waals surface area contributed by atoms with Crippen molar-refractivity contribution in [2.75, 3.05) is 4.72 Å². The molecule has 18 heavy (non-hydrogen) atoms. The lowest BCUT2D eigenvalue weighted by Gasteiger charge is -2.07.